The number of benzene rings is 4. The number of hydrogen-bond donors (Lipinski definition) is 1. The Labute approximate surface area is 249 Å². The number of amides is 2. The van der Waals surface area contributed by atoms with E-state index < -0.39 is 10.7 Å². The molecule has 2 heterocycles. The molecule has 0 spiro atoms. The molecule has 4 aromatic carbocycles. The van der Waals surface area contributed by atoms with Gasteiger partial charge in [0.05, 0.1) is 0 Å². The van der Waals surface area contributed by atoms with E-state index >= 15 is 0 Å². The fourth-order valence-electron chi connectivity index (χ4n) is 5.74. The van der Waals surface area contributed by atoms with Crippen molar-refractivity contribution >= 4 is 23.4 Å². The normalized spacial score (nSPS) is 20.7. The molecule has 0 aliphatic carbocycles. The average Bonchev–Trinajstić information content (AvgIpc) is 3.36. The molecule has 5 nitrogen and oxygen atoms in total. The van der Waals surface area contributed by atoms with E-state index in [4.69, 9.17) is 11.6 Å². The molecule has 2 aliphatic rings. The van der Waals surface area contributed by atoms with Gasteiger partial charge in [-0.15, -0.1) is 0 Å². The lowest BCUT2D eigenvalue weighted by atomic mass is 9.94. The van der Waals surface area contributed by atoms with Crippen LogP contribution < -0.4 is 0 Å². The summed E-state index contributed by atoms with van der Waals surface area (Å²) in [7, 11) is 0. The van der Waals surface area contributed by atoms with Crippen LogP contribution in [0.15, 0.2) is 97.1 Å². The van der Waals surface area contributed by atoms with Crippen LogP contribution in [0.25, 0.3) is 0 Å². The van der Waals surface area contributed by atoms with Gasteiger partial charge in [-0.2, -0.15) is 0 Å². The van der Waals surface area contributed by atoms with Crippen LogP contribution in [0.2, 0.25) is 0 Å². The highest BCUT2D eigenvalue weighted by Gasteiger charge is 2.50. The third-order valence-electron chi connectivity index (χ3n) is 7.67. The fraction of sp³-hybridized carbons (Fsp3) is 0.235. The number of fused-ring (bicyclic) bond motifs is 2. The first-order valence-electron chi connectivity index (χ1n) is 13.9. The Morgan fingerprint density at radius 3 is 1.62 bits per heavy atom. The molecule has 1 N–H and O–H groups in total. The van der Waals surface area contributed by atoms with Gasteiger partial charge in [-0.25, -0.2) is 8.78 Å². The minimum Gasteiger partial charge on any atom is -0.363 e. The highest BCUT2D eigenvalue weighted by molar-refractivity contribution is 6.29. The van der Waals surface area contributed by atoms with E-state index in [1.807, 2.05) is 32.0 Å². The summed E-state index contributed by atoms with van der Waals surface area (Å²) in [6.45, 7) is 4.93. The van der Waals surface area contributed by atoms with Gasteiger partial charge in [0.25, 0.3) is 11.8 Å². The molecule has 0 saturated heterocycles. The van der Waals surface area contributed by atoms with Gasteiger partial charge in [0, 0.05) is 40.9 Å². The van der Waals surface area contributed by atoms with Crippen molar-refractivity contribution in [2.24, 2.45) is 0 Å². The number of nitrogens with zero attached hydrogens (tertiary/aromatic N) is 2. The minimum absolute atomic E-state index is 0.0771. The summed E-state index contributed by atoms with van der Waals surface area (Å²) < 4.78 is 26.3. The summed E-state index contributed by atoms with van der Waals surface area (Å²) >= 11 is 6.90. The molecule has 0 bridgehead atoms. The molecule has 2 aliphatic heterocycles. The summed E-state index contributed by atoms with van der Waals surface area (Å²) in [5, 5.41) is 11.2. The van der Waals surface area contributed by atoms with Crippen molar-refractivity contribution in [1.29, 1.82) is 0 Å². The zero-order valence-corrected chi connectivity index (χ0v) is 24.1. The summed E-state index contributed by atoms with van der Waals surface area (Å²) in [6.07, 6.45) is 1.53. The van der Waals surface area contributed by atoms with Gasteiger partial charge in [-0.05, 0) is 54.8 Å². The minimum atomic E-state index is -1.53. The third-order valence-corrected chi connectivity index (χ3v) is 8.29. The Morgan fingerprint density at radius 2 is 1.07 bits per heavy atom. The molecule has 0 saturated carbocycles. The topological polar surface area (TPSA) is 60.9 Å². The lowest BCUT2D eigenvalue weighted by molar-refractivity contribution is -0.0498. The second-order valence-electron chi connectivity index (χ2n) is 10.3. The van der Waals surface area contributed by atoms with E-state index in [-0.39, 0.29) is 23.4 Å². The van der Waals surface area contributed by atoms with Crippen molar-refractivity contribution < 1.29 is 23.5 Å². The second kappa shape index (κ2) is 11.7. The smallest absolute Gasteiger partial charge is 0.257 e. The largest absolute Gasteiger partial charge is 0.363 e. The number of rotatable bonds is 6. The predicted octanol–water partition coefficient (Wildman–Crippen LogP) is 7.02. The molecule has 2 atom stereocenters. The maximum Gasteiger partial charge on any atom is 0.257 e. The maximum atomic E-state index is 13.2. The molecule has 42 heavy (non-hydrogen) atoms. The summed E-state index contributed by atoms with van der Waals surface area (Å²) in [6, 6.07) is 26.0. The van der Waals surface area contributed by atoms with Crippen molar-refractivity contribution in [1.82, 2.24) is 9.80 Å². The number of carbonyl (C=O) groups excluding carboxylic acids is 2. The van der Waals surface area contributed by atoms with Crippen LogP contribution in [0.4, 0.5) is 8.78 Å². The third kappa shape index (κ3) is 4.76. The molecule has 2 amide bonds. The lowest BCUT2D eigenvalue weighted by Crippen LogP contribution is -2.45. The van der Waals surface area contributed by atoms with Crippen molar-refractivity contribution in [2.45, 2.75) is 37.4 Å². The van der Waals surface area contributed by atoms with Crippen molar-refractivity contribution in [3.05, 3.63) is 142 Å². The Bertz CT molecular complexity index is 1490. The molecule has 4 aromatic rings. The Morgan fingerprint density at radius 1 is 0.643 bits per heavy atom. The van der Waals surface area contributed by atoms with Crippen LogP contribution in [0.3, 0.4) is 0 Å². The first kappa shape index (κ1) is 29.4. The first-order chi connectivity index (χ1) is 20.2. The molecular formula is C34H31ClF2N2O3. The maximum absolute atomic E-state index is 13.2. The standard InChI is InChI=1S/C17H15ClFNO.C17H16FNO2/c1-2-11-20-16(21)14-5-3-4-6-15(14)17(20,18)12-7-9-13(19)10-8-12;1-2-11-19-16(20)14-5-3-4-6-15(14)17(19,21)12-7-9-13(18)10-8-12/h3-10H,2,11H2,1H3;3-10,21H,2,11H2,1H3. The van der Waals surface area contributed by atoms with E-state index in [1.54, 1.807) is 47.4 Å². The van der Waals surface area contributed by atoms with Gasteiger partial charge in [0.2, 0.25) is 0 Å². The number of hydrogen-bond acceptors (Lipinski definition) is 3. The van der Waals surface area contributed by atoms with E-state index in [0.29, 0.717) is 40.9 Å². The zero-order valence-electron chi connectivity index (χ0n) is 23.4. The van der Waals surface area contributed by atoms with Gasteiger partial charge in [0.15, 0.2) is 10.7 Å². The van der Waals surface area contributed by atoms with Crippen LogP contribution in [0.5, 0.6) is 0 Å². The Balaban J connectivity index is 0.000000168. The van der Waals surface area contributed by atoms with E-state index in [2.05, 4.69) is 0 Å². The van der Waals surface area contributed by atoms with Crippen LogP contribution in [0.1, 0.15) is 69.7 Å². The summed E-state index contributed by atoms with van der Waals surface area (Å²) in [5.41, 5.74) is 2.10. The number of halogens is 3. The quantitative estimate of drug-likeness (QED) is 0.195. The molecule has 6 rings (SSSR count). The summed E-state index contributed by atoms with van der Waals surface area (Å²) in [4.78, 5) is 27.2. The zero-order chi connectivity index (χ0) is 30.1. The molecule has 2 unspecified atom stereocenters. The van der Waals surface area contributed by atoms with Gasteiger partial charge in [0.1, 0.15) is 11.6 Å². The van der Waals surface area contributed by atoms with Crippen molar-refractivity contribution in [3.63, 3.8) is 0 Å². The molecule has 216 valence electrons. The van der Waals surface area contributed by atoms with Gasteiger partial charge < -0.3 is 14.9 Å². The SMILES string of the molecule is CCCN1C(=O)c2ccccc2C1(Cl)c1ccc(F)cc1.CCCN1C(=O)c2ccccc2C1(O)c1ccc(F)cc1. The van der Waals surface area contributed by atoms with E-state index in [0.717, 1.165) is 18.4 Å². The number of alkyl halides is 1. The van der Waals surface area contributed by atoms with Gasteiger partial charge >= 0.3 is 0 Å². The number of carbonyl (C=O) groups is 2. The van der Waals surface area contributed by atoms with Crippen LogP contribution in [-0.2, 0) is 10.7 Å². The van der Waals surface area contributed by atoms with Crippen LogP contribution in [0, 0.1) is 11.6 Å². The van der Waals surface area contributed by atoms with Crippen LogP contribution >= 0.6 is 11.6 Å². The van der Waals surface area contributed by atoms with E-state index in [1.165, 1.54) is 41.3 Å². The highest BCUT2D eigenvalue weighted by atomic mass is 35.5. The molecule has 0 aromatic heterocycles. The van der Waals surface area contributed by atoms with Gasteiger partial charge in [-0.1, -0.05) is 86.1 Å². The summed E-state index contributed by atoms with van der Waals surface area (Å²) in [5.74, 6) is -0.966. The average molecular weight is 589 g/mol. The molecule has 8 heteroatoms. The Kier molecular flexibility index (Phi) is 8.17. The molecular weight excluding hydrogens is 558 g/mol. The first-order valence-corrected chi connectivity index (χ1v) is 14.3. The van der Waals surface area contributed by atoms with Gasteiger partial charge in [-0.3, -0.25) is 9.59 Å². The highest BCUT2D eigenvalue weighted by Crippen LogP contribution is 2.47. The van der Waals surface area contributed by atoms with Crippen molar-refractivity contribution in [2.75, 3.05) is 13.1 Å². The van der Waals surface area contributed by atoms with Crippen LogP contribution in [-0.4, -0.2) is 39.8 Å². The molecule has 0 radical (unpaired) electrons. The lowest BCUT2D eigenvalue weighted by Gasteiger charge is -2.34. The Hall–Kier alpha value is -4.07. The fourth-order valence-corrected chi connectivity index (χ4v) is 6.19. The number of aliphatic hydroxyl groups is 1. The molecule has 0 fully saturated rings. The van der Waals surface area contributed by atoms with Crippen molar-refractivity contribution in [3.8, 4) is 0 Å². The predicted molar refractivity (Wildman–Crippen MR) is 158 cm³/mol. The van der Waals surface area contributed by atoms with E-state index in [9.17, 15) is 23.5 Å². The monoisotopic (exact) mass is 588 g/mol. The second-order valence-corrected chi connectivity index (χ2v) is 10.9.